The molecule has 0 atom stereocenters. The number of anilines is 1. The molecule has 2 aliphatic rings. The lowest BCUT2D eigenvalue weighted by atomic mass is 9.67. The van der Waals surface area contributed by atoms with E-state index >= 15 is 0 Å². The van der Waals surface area contributed by atoms with E-state index in [2.05, 4.69) is 26.2 Å². The Morgan fingerprint density at radius 2 is 1.72 bits per heavy atom. The number of benzene rings is 1. The quantitative estimate of drug-likeness (QED) is 0.721. The van der Waals surface area contributed by atoms with Gasteiger partial charge in [-0.3, -0.25) is 4.79 Å². The van der Waals surface area contributed by atoms with Crippen LogP contribution in [-0.4, -0.2) is 32.6 Å². The summed E-state index contributed by atoms with van der Waals surface area (Å²) in [6.45, 7) is 0.458. The van der Waals surface area contributed by atoms with Gasteiger partial charge in [0.05, 0.1) is 11.0 Å². The lowest BCUT2D eigenvalue weighted by Crippen LogP contribution is -2.43. The maximum absolute atomic E-state index is 13.2. The van der Waals surface area contributed by atoms with E-state index in [0.717, 1.165) is 12.1 Å². The standard InChI is InChI=1S/C19H20BrF3N4O2/c1-26-14(15(20)24-25-26)18(29)8-6-17(7-9-18)10-11-27(16(17)28)13-4-2-12(3-5-13)19(21,22)23/h2-5,29H,6-11H2,1H3/t17-,18+. The second-order valence-electron chi connectivity index (χ2n) is 7.92. The first-order valence-electron chi connectivity index (χ1n) is 9.33. The number of aromatic nitrogens is 3. The number of rotatable bonds is 2. The van der Waals surface area contributed by atoms with Crippen LogP contribution >= 0.6 is 15.9 Å². The van der Waals surface area contributed by atoms with Gasteiger partial charge in [-0.15, -0.1) is 5.10 Å². The zero-order chi connectivity index (χ0) is 21.0. The number of alkyl halides is 3. The van der Waals surface area contributed by atoms with Crippen molar-refractivity contribution in [2.75, 3.05) is 11.4 Å². The van der Waals surface area contributed by atoms with Gasteiger partial charge in [-0.1, -0.05) is 5.21 Å². The zero-order valence-electron chi connectivity index (χ0n) is 15.7. The number of hydrogen-bond donors (Lipinski definition) is 1. The van der Waals surface area contributed by atoms with E-state index in [1.165, 1.54) is 16.8 Å². The number of carbonyl (C=O) groups excluding carboxylic acids is 1. The van der Waals surface area contributed by atoms with Gasteiger partial charge >= 0.3 is 6.18 Å². The van der Waals surface area contributed by atoms with Gasteiger partial charge in [-0.2, -0.15) is 13.2 Å². The molecule has 1 aliphatic carbocycles. The van der Waals surface area contributed by atoms with E-state index < -0.39 is 22.8 Å². The summed E-state index contributed by atoms with van der Waals surface area (Å²) < 4.78 is 40.4. The van der Waals surface area contributed by atoms with E-state index in [4.69, 9.17) is 0 Å². The SMILES string of the molecule is Cn1nnc(Br)c1[C@]1(O)CC[C@]2(CCN(c3ccc(C(F)(F)F)cc3)C2=O)CC1. The Morgan fingerprint density at radius 3 is 2.24 bits per heavy atom. The van der Waals surface area contributed by atoms with Gasteiger partial charge in [0.25, 0.3) is 0 Å². The molecule has 1 amide bonds. The van der Waals surface area contributed by atoms with Crippen LogP contribution in [0, 0.1) is 5.41 Å². The van der Waals surface area contributed by atoms with Crippen molar-refractivity contribution < 1.29 is 23.1 Å². The van der Waals surface area contributed by atoms with Gasteiger partial charge in [-0.05, 0) is 72.3 Å². The third kappa shape index (κ3) is 3.35. The number of halogens is 4. The highest BCUT2D eigenvalue weighted by Crippen LogP contribution is 2.52. The average Bonchev–Trinajstić information content (AvgIpc) is 3.18. The van der Waals surface area contributed by atoms with Crippen LogP contribution in [-0.2, 0) is 23.6 Å². The van der Waals surface area contributed by atoms with Crippen molar-refractivity contribution in [3.63, 3.8) is 0 Å². The van der Waals surface area contributed by atoms with Crippen LogP contribution in [0.2, 0.25) is 0 Å². The van der Waals surface area contributed by atoms with Crippen LogP contribution in [0.1, 0.15) is 43.4 Å². The number of amides is 1. The van der Waals surface area contributed by atoms with Crippen molar-refractivity contribution in [2.45, 2.75) is 43.9 Å². The molecule has 1 aliphatic heterocycles. The molecule has 1 aromatic heterocycles. The second kappa shape index (κ2) is 6.80. The maximum atomic E-state index is 13.2. The summed E-state index contributed by atoms with van der Waals surface area (Å²) in [6, 6.07) is 4.69. The minimum absolute atomic E-state index is 0.0819. The van der Waals surface area contributed by atoms with Crippen molar-refractivity contribution in [1.29, 1.82) is 0 Å². The van der Waals surface area contributed by atoms with E-state index in [9.17, 15) is 23.1 Å². The molecule has 29 heavy (non-hydrogen) atoms. The summed E-state index contributed by atoms with van der Waals surface area (Å²) >= 11 is 3.32. The van der Waals surface area contributed by atoms with Crippen molar-refractivity contribution in [2.24, 2.45) is 12.5 Å². The zero-order valence-corrected chi connectivity index (χ0v) is 17.3. The normalized spacial score (nSPS) is 27.8. The molecule has 0 bridgehead atoms. The van der Waals surface area contributed by atoms with Crippen molar-refractivity contribution in [3.8, 4) is 0 Å². The monoisotopic (exact) mass is 472 g/mol. The first kappa shape index (κ1) is 20.3. The number of nitrogens with zero attached hydrogens (tertiary/aromatic N) is 4. The minimum atomic E-state index is -4.41. The fraction of sp³-hybridized carbons (Fsp3) is 0.526. The first-order chi connectivity index (χ1) is 13.6. The summed E-state index contributed by atoms with van der Waals surface area (Å²) in [5, 5.41) is 19.0. The highest BCUT2D eigenvalue weighted by atomic mass is 79.9. The molecule has 156 valence electrons. The number of aliphatic hydroxyl groups is 1. The molecular weight excluding hydrogens is 453 g/mol. The Balaban J connectivity index is 1.51. The third-order valence-corrected chi connectivity index (χ3v) is 6.81. The number of aryl methyl sites for hydroxylation is 1. The highest BCUT2D eigenvalue weighted by Gasteiger charge is 2.53. The first-order valence-corrected chi connectivity index (χ1v) is 10.1. The van der Waals surface area contributed by atoms with Crippen LogP contribution < -0.4 is 4.90 Å². The Hall–Kier alpha value is -1.94. The Bertz CT molecular complexity index is 914. The summed E-state index contributed by atoms with van der Waals surface area (Å²) in [4.78, 5) is 14.7. The predicted molar refractivity (Wildman–Crippen MR) is 102 cm³/mol. The average molecular weight is 473 g/mol. The topological polar surface area (TPSA) is 71.2 Å². The molecule has 6 nitrogen and oxygen atoms in total. The largest absolute Gasteiger partial charge is 0.416 e. The number of carbonyl (C=O) groups is 1. The van der Waals surface area contributed by atoms with Gasteiger partial charge in [-0.25, -0.2) is 4.68 Å². The third-order valence-electron chi connectivity index (χ3n) is 6.28. The predicted octanol–water partition coefficient (Wildman–Crippen LogP) is 3.78. The number of hydrogen-bond acceptors (Lipinski definition) is 4. The Kier molecular flexibility index (Phi) is 4.77. The van der Waals surface area contributed by atoms with Crippen LogP contribution in [0.4, 0.5) is 18.9 Å². The molecule has 10 heteroatoms. The molecule has 1 saturated heterocycles. The van der Waals surface area contributed by atoms with Crippen molar-refractivity contribution in [3.05, 3.63) is 40.1 Å². The highest BCUT2D eigenvalue weighted by molar-refractivity contribution is 9.10. The van der Waals surface area contributed by atoms with Gasteiger partial charge in [0, 0.05) is 19.3 Å². The molecule has 2 heterocycles. The molecule has 2 fully saturated rings. The van der Waals surface area contributed by atoms with Crippen LogP contribution in [0.5, 0.6) is 0 Å². The molecule has 2 aromatic rings. The van der Waals surface area contributed by atoms with Crippen molar-refractivity contribution >= 4 is 27.5 Å². The summed E-state index contributed by atoms with van der Waals surface area (Å²) in [6.07, 6.45) is -2.02. The van der Waals surface area contributed by atoms with E-state index in [1.54, 1.807) is 11.9 Å². The fourth-order valence-corrected chi connectivity index (χ4v) is 5.26. The Morgan fingerprint density at radius 1 is 1.10 bits per heavy atom. The van der Waals surface area contributed by atoms with Crippen LogP contribution in [0.15, 0.2) is 28.9 Å². The second-order valence-corrected chi connectivity index (χ2v) is 8.67. The summed E-state index contributed by atoms with van der Waals surface area (Å²) in [5.74, 6) is -0.0819. The van der Waals surface area contributed by atoms with Gasteiger partial charge in [0.2, 0.25) is 5.91 Å². The molecule has 4 rings (SSSR count). The van der Waals surface area contributed by atoms with E-state index in [0.29, 0.717) is 54.6 Å². The van der Waals surface area contributed by atoms with Gasteiger partial charge in [0.15, 0.2) is 4.60 Å². The smallest absolute Gasteiger partial charge is 0.383 e. The maximum Gasteiger partial charge on any atom is 0.416 e. The minimum Gasteiger partial charge on any atom is -0.383 e. The molecular formula is C19H20BrF3N4O2. The lowest BCUT2D eigenvalue weighted by Gasteiger charge is -2.40. The van der Waals surface area contributed by atoms with Crippen molar-refractivity contribution in [1.82, 2.24) is 15.0 Å². The molecule has 0 unspecified atom stereocenters. The molecule has 0 radical (unpaired) electrons. The molecule has 1 N–H and O–H groups in total. The summed E-state index contributed by atoms with van der Waals surface area (Å²) in [7, 11) is 1.71. The van der Waals surface area contributed by atoms with E-state index in [1.807, 2.05) is 0 Å². The summed E-state index contributed by atoms with van der Waals surface area (Å²) in [5.41, 5.74) is -1.38. The Labute approximate surface area is 173 Å². The fourth-order valence-electron chi connectivity index (χ4n) is 4.57. The molecule has 1 aromatic carbocycles. The van der Waals surface area contributed by atoms with Gasteiger partial charge in [0.1, 0.15) is 11.3 Å². The molecule has 1 spiro atoms. The van der Waals surface area contributed by atoms with Crippen LogP contribution in [0.3, 0.4) is 0 Å². The molecule has 1 saturated carbocycles. The van der Waals surface area contributed by atoms with E-state index in [-0.39, 0.29) is 5.91 Å². The van der Waals surface area contributed by atoms with Gasteiger partial charge < -0.3 is 10.0 Å². The lowest BCUT2D eigenvalue weighted by molar-refractivity contribution is -0.137. The van der Waals surface area contributed by atoms with Crippen LogP contribution in [0.25, 0.3) is 0 Å².